The fraction of sp³-hybridized carbons (Fsp3) is 0.100. The second kappa shape index (κ2) is 3.41. The lowest BCUT2D eigenvalue weighted by Crippen LogP contribution is -1.95. The number of aldehydes is 1. The van der Waals surface area contributed by atoms with Crippen LogP contribution in [0, 0.1) is 0 Å². The molecule has 0 unspecified atom stereocenters. The van der Waals surface area contributed by atoms with Crippen LogP contribution < -0.4 is 4.74 Å². The molecule has 70 valence electrons. The van der Waals surface area contributed by atoms with Gasteiger partial charge in [0.05, 0.1) is 18.1 Å². The van der Waals surface area contributed by atoms with Crippen LogP contribution in [0.4, 0.5) is 0 Å². The maximum Gasteiger partial charge on any atom is 0.172 e. The Morgan fingerprint density at radius 2 is 2.29 bits per heavy atom. The van der Waals surface area contributed by atoms with Crippen molar-refractivity contribution in [2.24, 2.45) is 0 Å². The summed E-state index contributed by atoms with van der Waals surface area (Å²) in [6, 6.07) is 5.28. The smallest absolute Gasteiger partial charge is 0.172 e. The molecule has 2 rings (SSSR count). The van der Waals surface area contributed by atoms with Gasteiger partial charge in [-0.3, -0.25) is 9.78 Å². The molecule has 0 aliphatic heterocycles. The van der Waals surface area contributed by atoms with Gasteiger partial charge in [0, 0.05) is 12.3 Å². The summed E-state index contributed by atoms with van der Waals surface area (Å²) < 4.78 is 5.01. The Balaban J connectivity index is 2.75. The summed E-state index contributed by atoms with van der Waals surface area (Å²) >= 11 is 0. The van der Waals surface area contributed by atoms with Crippen LogP contribution in [0.15, 0.2) is 24.4 Å². The van der Waals surface area contributed by atoms with E-state index in [2.05, 4.69) is 9.97 Å². The molecule has 2 aromatic heterocycles. The van der Waals surface area contributed by atoms with E-state index in [1.54, 1.807) is 24.4 Å². The average molecular weight is 188 g/mol. The number of hydrogen-bond donors (Lipinski definition) is 0. The second-order valence-corrected chi connectivity index (χ2v) is 2.74. The largest absolute Gasteiger partial charge is 0.494 e. The van der Waals surface area contributed by atoms with Crippen LogP contribution in [0.1, 0.15) is 10.5 Å². The summed E-state index contributed by atoms with van der Waals surface area (Å²) in [5, 5.41) is 0. The van der Waals surface area contributed by atoms with Gasteiger partial charge in [-0.15, -0.1) is 0 Å². The lowest BCUT2D eigenvalue weighted by molar-refractivity contribution is 0.111. The van der Waals surface area contributed by atoms with Crippen molar-refractivity contribution in [1.29, 1.82) is 0 Å². The Labute approximate surface area is 80.6 Å². The van der Waals surface area contributed by atoms with Gasteiger partial charge in [0.25, 0.3) is 0 Å². The molecule has 0 spiro atoms. The molecule has 2 aromatic rings. The van der Waals surface area contributed by atoms with E-state index in [-0.39, 0.29) is 0 Å². The summed E-state index contributed by atoms with van der Waals surface area (Å²) in [5.74, 6) is 0.450. The van der Waals surface area contributed by atoms with Gasteiger partial charge in [0.2, 0.25) is 0 Å². The van der Waals surface area contributed by atoms with Gasteiger partial charge in [-0.05, 0) is 12.1 Å². The predicted octanol–water partition coefficient (Wildman–Crippen LogP) is 1.45. The fourth-order valence-electron chi connectivity index (χ4n) is 1.25. The SMILES string of the molecule is COc1cc2ncccc2nc1C=O. The van der Waals surface area contributed by atoms with Crippen LogP contribution in [-0.4, -0.2) is 23.4 Å². The first kappa shape index (κ1) is 8.62. The zero-order valence-electron chi connectivity index (χ0n) is 7.60. The molecular formula is C10H8N2O2. The van der Waals surface area contributed by atoms with E-state index >= 15 is 0 Å². The second-order valence-electron chi connectivity index (χ2n) is 2.74. The van der Waals surface area contributed by atoms with Crippen LogP contribution >= 0.6 is 0 Å². The van der Waals surface area contributed by atoms with Gasteiger partial charge in [0.15, 0.2) is 6.29 Å². The number of nitrogens with zero attached hydrogens (tertiary/aromatic N) is 2. The van der Waals surface area contributed by atoms with Gasteiger partial charge in [-0.25, -0.2) is 4.98 Å². The van der Waals surface area contributed by atoms with Crippen LogP contribution in [0.2, 0.25) is 0 Å². The normalized spacial score (nSPS) is 10.1. The zero-order chi connectivity index (χ0) is 9.97. The van der Waals surface area contributed by atoms with Crippen molar-refractivity contribution in [3.63, 3.8) is 0 Å². The van der Waals surface area contributed by atoms with Gasteiger partial charge < -0.3 is 4.74 Å². The standard InChI is InChI=1S/C10H8N2O2/c1-14-10-5-8-7(3-2-4-11-8)12-9(10)6-13/h2-6H,1H3. The van der Waals surface area contributed by atoms with E-state index in [4.69, 9.17) is 4.74 Å². The van der Waals surface area contributed by atoms with Crippen molar-refractivity contribution in [3.8, 4) is 5.75 Å². The highest BCUT2D eigenvalue weighted by Gasteiger charge is 2.05. The molecule has 0 saturated carbocycles. The highest BCUT2D eigenvalue weighted by molar-refractivity contribution is 5.84. The zero-order valence-corrected chi connectivity index (χ0v) is 7.60. The minimum Gasteiger partial charge on any atom is -0.494 e. The predicted molar refractivity (Wildman–Crippen MR) is 51.5 cm³/mol. The van der Waals surface area contributed by atoms with Gasteiger partial charge in [0.1, 0.15) is 11.4 Å². The maximum absolute atomic E-state index is 10.7. The van der Waals surface area contributed by atoms with Crippen molar-refractivity contribution in [2.45, 2.75) is 0 Å². The molecule has 0 aliphatic carbocycles. The summed E-state index contributed by atoms with van der Waals surface area (Å²) in [7, 11) is 1.50. The van der Waals surface area contributed by atoms with E-state index in [0.717, 1.165) is 5.52 Å². The van der Waals surface area contributed by atoms with Crippen molar-refractivity contribution in [3.05, 3.63) is 30.1 Å². The molecule has 0 N–H and O–H groups in total. The van der Waals surface area contributed by atoms with E-state index in [9.17, 15) is 4.79 Å². The number of methoxy groups -OCH3 is 1. The lowest BCUT2D eigenvalue weighted by atomic mass is 10.2. The minimum absolute atomic E-state index is 0.299. The van der Waals surface area contributed by atoms with Crippen LogP contribution in [-0.2, 0) is 0 Å². The molecule has 4 nitrogen and oxygen atoms in total. The Morgan fingerprint density at radius 1 is 1.43 bits per heavy atom. The maximum atomic E-state index is 10.7. The monoisotopic (exact) mass is 188 g/mol. The van der Waals surface area contributed by atoms with Gasteiger partial charge >= 0.3 is 0 Å². The number of pyridine rings is 2. The number of aromatic nitrogens is 2. The Kier molecular flexibility index (Phi) is 2.10. The van der Waals surface area contributed by atoms with E-state index in [1.807, 2.05) is 0 Å². The molecule has 0 aromatic carbocycles. The summed E-state index contributed by atoms with van der Waals surface area (Å²) in [6.45, 7) is 0. The number of ether oxygens (including phenoxy) is 1. The molecule has 2 heterocycles. The quantitative estimate of drug-likeness (QED) is 0.669. The Hall–Kier alpha value is -1.97. The van der Waals surface area contributed by atoms with Crippen molar-refractivity contribution in [1.82, 2.24) is 9.97 Å². The summed E-state index contributed by atoms with van der Waals surface area (Å²) in [5.41, 5.74) is 1.71. The molecule has 14 heavy (non-hydrogen) atoms. The summed E-state index contributed by atoms with van der Waals surface area (Å²) in [4.78, 5) is 18.9. The molecule has 0 radical (unpaired) electrons. The highest BCUT2D eigenvalue weighted by Crippen LogP contribution is 2.19. The molecule has 4 heteroatoms. The highest BCUT2D eigenvalue weighted by atomic mass is 16.5. The third-order valence-electron chi connectivity index (χ3n) is 1.91. The van der Waals surface area contributed by atoms with Crippen LogP contribution in [0.25, 0.3) is 11.0 Å². The topological polar surface area (TPSA) is 52.1 Å². The van der Waals surface area contributed by atoms with Gasteiger partial charge in [-0.2, -0.15) is 0 Å². The van der Waals surface area contributed by atoms with Crippen molar-refractivity contribution in [2.75, 3.05) is 7.11 Å². The van der Waals surface area contributed by atoms with Crippen LogP contribution in [0.3, 0.4) is 0 Å². The molecule has 0 atom stereocenters. The third kappa shape index (κ3) is 1.31. The molecule has 0 saturated heterocycles. The Bertz CT molecular complexity index is 483. The first-order valence-corrected chi connectivity index (χ1v) is 4.10. The van der Waals surface area contributed by atoms with Crippen LogP contribution in [0.5, 0.6) is 5.75 Å². The summed E-state index contributed by atoms with van der Waals surface area (Å²) in [6.07, 6.45) is 2.34. The van der Waals surface area contributed by atoms with E-state index in [0.29, 0.717) is 23.2 Å². The average Bonchev–Trinajstić information content (AvgIpc) is 2.27. The lowest BCUT2D eigenvalue weighted by Gasteiger charge is -2.03. The number of carbonyl (C=O) groups is 1. The first-order valence-electron chi connectivity index (χ1n) is 4.10. The van der Waals surface area contributed by atoms with Crippen molar-refractivity contribution < 1.29 is 9.53 Å². The molecule has 0 bridgehead atoms. The first-order chi connectivity index (χ1) is 6.85. The van der Waals surface area contributed by atoms with Gasteiger partial charge in [-0.1, -0.05) is 0 Å². The third-order valence-corrected chi connectivity index (χ3v) is 1.91. The Morgan fingerprint density at radius 3 is 3.00 bits per heavy atom. The fourth-order valence-corrected chi connectivity index (χ4v) is 1.25. The molecule has 0 fully saturated rings. The minimum atomic E-state index is 0.299. The molecule has 0 aliphatic rings. The van der Waals surface area contributed by atoms with E-state index < -0.39 is 0 Å². The number of hydrogen-bond acceptors (Lipinski definition) is 4. The van der Waals surface area contributed by atoms with Crippen molar-refractivity contribution >= 4 is 17.3 Å². The number of carbonyl (C=O) groups excluding carboxylic acids is 1. The number of fused-ring (bicyclic) bond motifs is 1. The number of rotatable bonds is 2. The molecule has 0 amide bonds. The molecular weight excluding hydrogens is 180 g/mol. The van der Waals surface area contributed by atoms with E-state index in [1.165, 1.54) is 7.11 Å².